The minimum Gasteiger partial charge on any atom is -0.342 e. The van der Waals surface area contributed by atoms with E-state index in [-0.39, 0.29) is 12.4 Å². The highest BCUT2D eigenvalue weighted by Crippen LogP contribution is 2.59. The Morgan fingerprint density at radius 2 is 1.92 bits per heavy atom. The van der Waals surface area contributed by atoms with Crippen molar-refractivity contribution in [1.29, 1.82) is 0 Å². The van der Waals surface area contributed by atoms with Crippen LogP contribution in [0.3, 0.4) is 0 Å². The molecule has 0 bridgehead atoms. The van der Waals surface area contributed by atoms with Crippen LogP contribution in [0.15, 0.2) is 30.3 Å². The summed E-state index contributed by atoms with van der Waals surface area (Å²) in [4.78, 5) is 15.1. The molecular formula is C21H31ClN2O. The lowest BCUT2D eigenvalue weighted by molar-refractivity contribution is -0.133. The van der Waals surface area contributed by atoms with E-state index in [9.17, 15) is 4.79 Å². The van der Waals surface area contributed by atoms with Crippen LogP contribution in [0.1, 0.15) is 44.6 Å². The van der Waals surface area contributed by atoms with Gasteiger partial charge in [-0.3, -0.25) is 4.79 Å². The maximum absolute atomic E-state index is 12.9. The van der Waals surface area contributed by atoms with Crippen LogP contribution in [0, 0.1) is 16.7 Å². The molecule has 0 aromatic heterocycles. The number of amides is 1. The Morgan fingerprint density at radius 3 is 2.64 bits per heavy atom. The van der Waals surface area contributed by atoms with E-state index in [1.54, 1.807) is 0 Å². The average molecular weight is 363 g/mol. The van der Waals surface area contributed by atoms with E-state index in [4.69, 9.17) is 0 Å². The highest BCUT2D eigenvalue weighted by molar-refractivity contribution is 5.85. The highest BCUT2D eigenvalue weighted by Gasteiger charge is 2.59. The molecule has 138 valence electrons. The van der Waals surface area contributed by atoms with Crippen molar-refractivity contribution >= 4 is 18.3 Å². The predicted octanol–water partition coefficient (Wildman–Crippen LogP) is 3.67. The number of carbonyl (C=O) groups excluding carboxylic acids is 1. The van der Waals surface area contributed by atoms with E-state index in [0.29, 0.717) is 22.7 Å². The molecule has 3 aliphatic rings. The fourth-order valence-electron chi connectivity index (χ4n) is 4.90. The Labute approximate surface area is 158 Å². The first-order valence-corrected chi connectivity index (χ1v) is 9.64. The maximum Gasteiger partial charge on any atom is 0.226 e. The molecule has 25 heavy (non-hydrogen) atoms. The Morgan fingerprint density at radius 1 is 1.20 bits per heavy atom. The molecule has 1 aromatic carbocycles. The smallest absolute Gasteiger partial charge is 0.226 e. The summed E-state index contributed by atoms with van der Waals surface area (Å²) in [6.07, 6.45) is 7.00. The zero-order valence-corrected chi connectivity index (χ0v) is 16.1. The van der Waals surface area contributed by atoms with Crippen molar-refractivity contribution in [2.24, 2.45) is 16.7 Å². The van der Waals surface area contributed by atoms with Gasteiger partial charge < -0.3 is 10.2 Å². The fraction of sp³-hybridized carbons (Fsp3) is 0.667. The van der Waals surface area contributed by atoms with Gasteiger partial charge in [0.05, 0.1) is 0 Å². The van der Waals surface area contributed by atoms with Gasteiger partial charge in [-0.2, -0.15) is 0 Å². The van der Waals surface area contributed by atoms with Gasteiger partial charge in [-0.15, -0.1) is 12.4 Å². The van der Waals surface area contributed by atoms with E-state index < -0.39 is 0 Å². The highest BCUT2D eigenvalue weighted by atomic mass is 35.5. The van der Waals surface area contributed by atoms with E-state index in [1.165, 1.54) is 24.8 Å². The van der Waals surface area contributed by atoms with Crippen LogP contribution in [0.4, 0.5) is 0 Å². The molecule has 3 nitrogen and oxygen atoms in total. The molecule has 1 saturated carbocycles. The third-order valence-corrected chi connectivity index (χ3v) is 6.82. The summed E-state index contributed by atoms with van der Waals surface area (Å²) in [5.41, 5.74) is 2.08. The second-order valence-corrected chi connectivity index (χ2v) is 8.68. The fourth-order valence-corrected chi connectivity index (χ4v) is 4.90. The third kappa shape index (κ3) is 3.88. The zero-order chi connectivity index (χ0) is 16.6. The summed E-state index contributed by atoms with van der Waals surface area (Å²) in [5.74, 6) is 0.788. The average Bonchev–Trinajstić information content (AvgIpc) is 3.15. The monoisotopic (exact) mass is 362 g/mol. The Bertz CT molecular complexity index is 599. The Kier molecular flexibility index (Phi) is 5.45. The van der Waals surface area contributed by atoms with Gasteiger partial charge in [0.2, 0.25) is 5.91 Å². The predicted molar refractivity (Wildman–Crippen MR) is 104 cm³/mol. The molecule has 2 unspecified atom stereocenters. The summed E-state index contributed by atoms with van der Waals surface area (Å²) >= 11 is 0. The third-order valence-electron chi connectivity index (χ3n) is 6.82. The van der Waals surface area contributed by atoms with Crippen LogP contribution >= 0.6 is 12.4 Å². The molecule has 2 atom stereocenters. The van der Waals surface area contributed by atoms with Gasteiger partial charge in [-0.25, -0.2) is 0 Å². The number of carbonyl (C=O) groups is 1. The molecule has 2 heterocycles. The molecule has 2 saturated heterocycles. The molecule has 0 radical (unpaired) electrons. The molecule has 1 aliphatic carbocycles. The molecule has 1 aromatic rings. The molecule has 1 N–H and O–H groups in total. The van der Waals surface area contributed by atoms with E-state index >= 15 is 0 Å². The summed E-state index contributed by atoms with van der Waals surface area (Å²) in [5, 5.41) is 3.43. The number of hydrogen-bond acceptors (Lipinski definition) is 2. The molecule has 1 amide bonds. The van der Waals surface area contributed by atoms with Gasteiger partial charge in [0.25, 0.3) is 0 Å². The SMILES string of the molecule is CC1(CCc2ccccc2)CCN(C(=O)C2CC23CCNCC3)C1.Cl. The normalized spacial score (nSPS) is 30.1. The van der Waals surface area contributed by atoms with Gasteiger partial charge in [-0.1, -0.05) is 37.3 Å². The van der Waals surface area contributed by atoms with Crippen molar-refractivity contribution in [3.8, 4) is 0 Å². The second kappa shape index (κ2) is 7.28. The van der Waals surface area contributed by atoms with Gasteiger partial charge in [0.1, 0.15) is 0 Å². The van der Waals surface area contributed by atoms with Crippen LogP contribution in [-0.2, 0) is 11.2 Å². The van der Waals surface area contributed by atoms with Gasteiger partial charge in [-0.05, 0) is 68.0 Å². The molecule has 3 fully saturated rings. The number of benzene rings is 1. The van der Waals surface area contributed by atoms with Crippen molar-refractivity contribution in [3.05, 3.63) is 35.9 Å². The number of likely N-dealkylation sites (tertiary alicyclic amines) is 1. The topological polar surface area (TPSA) is 32.3 Å². The lowest BCUT2D eigenvalue weighted by Crippen LogP contribution is -2.36. The van der Waals surface area contributed by atoms with Crippen LogP contribution in [0.2, 0.25) is 0 Å². The molecule has 4 heteroatoms. The summed E-state index contributed by atoms with van der Waals surface area (Å²) in [6, 6.07) is 10.7. The van der Waals surface area contributed by atoms with Crippen molar-refractivity contribution in [1.82, 2.24) is 10.2 Å². The first-order valence-electron chi connectivity index (χ1n) is 9.64. The number of halogens is 1. The van der Waals surface area contributed by atoms with E-state index in [2.05, 4.69) is 47.5 Å². The van der Waals surface area contributed by atoms with Crippen LogP contribution < -0.4 is 5.32 Å². The molecule has 2 aliphatic heterocycles. The van der Waals surface area contributed by atoms with Crippen LogP contribution in [0.25, 0.3) is 0 Å². The lowest BCUT2D eigenvalue weighted by atomic mass is 9.83. The first kappa shape index (κ1) is 18.7. The lowest BCUT2D eigenvalue weighted by Gasteiger charge is -2.27. The molecule has 4 rings (SSSR count). The Hall–Kier alpha value is -1.06. The molecule has 1 spiro atoms. The number of aryl methyl sites for hydroxylation is 1. The number of nitrogens with zero attached hydrogens (tertiary/aromatic N) is 1. The minimum absolute atomic E-state index is 0. The first-order chi connectivity index (χ1) is 11.6. The van der Waals surface area contributed by atoms with E-state index in [0.717, 1.165) is 45.4 Å². The van der Waals surface area contributed by atoms with Crippen molar-refractivity contribution in [3.63, 3.8) is 0 Å². The largest absolute Gasteiger partial charge is 0.342 e. The van der Waals surface area contributed by atoms with Crippen molar-refractivity contribution < 1.29 is 4.79 Å². The van der Waals surface area contributed by atoms with Crippen molar-refractivity contribution in [2.75, 3.05) is 26.2 Å². The molecular weight excluding hydrogens is 332 g/mol. The number of piperidine rings is 1. The quantitative estimate of drug-likeness (QED) is 0.886. The van der Waals surface area contributed by atoms with Gasteiger partial charge in [0, 0.05) is 19.0 Å². The summed E-state index contributed by atoms with van der Waals surface area (Å²) in [7, 11) is 0. The van der Waals surface area contributed by atoms with Gasteiger partial charge in [0.15, 0.2) is 0 Å². The summed E-state index contributed by atoms with van der Waals surface area (Å²) in [6.45, 7) is 6.49. The van der Waals surface area contributed by atoms with Crippen molar-refractivity contribution in [2.45, 2.75) is 45.4 Å². The summed E-state index contributed by atoms with van der Waals surface area (Å²) < 4.78 is 0. The van der Waals surface area contributed by atoms with E-state index in [1.807, 2.05) is 0 Å². The zero-order valence-electron chi connectivity index (χ0n) is 15.3. The number of nitrogens with one attached hydrogen (secondary N) is 1. The minimum atomic E-state index is 0. The van der Waals surface area contributed by atoms with Gasteiger partial charge >= 0.3 is 0 Å². The van der Waals surface area contributed by atoms with Crippen LogP contribution in [-0.4, -0.2) is 37.0 Å². The number of hydrogen-bond donors (Lipinski definition) is 1. The maximum atomic E-state index is 12.9. The Balaban J connectivity index is 0.00000182. The standard InChI is InChI=1S/C21H30N2O.ClH/c1-20(8-7-17-5-3-2-4-6-17)11-14-23(16-20)19(24)18-15-21(18)9-12-22-13-10-21;/h2-6,18,22H,7-16H2,1H3;1H. The van der Waals surface area contributed by atoms with Crippen LogP contribution in [0.5, 0.6) is 0 Å². The number of rotatable bonds is 4. The second-order valence-electron chi connectivity index (χ2n) is 8.68.